The van der Waals surface area contributed by atoms with Crippen LogP contribution in [0.2, 0.25) is 0 Å². The minimum absolute atomic E-state index is 0.903. The van der Waals surface area contributed by atoms with Crippen LogP contribution < -0.4 is 9.47 Å². The van der Waals surface area contributed by atoms with Crippen LogP contribution in [-0.2, 0) is 6.54 Å². The van der Waals surface area contributed by atoms with Crippen molar-refractivity contribution < 1.29 is 4.57 Å². The minimum atomic E-state index is 0.903. The summed E-state index contributed by atoms with van der Waals surface area (Å²) in [7, 11) is 6.25. The van der Waals surface area contributed by atoms with Gasteiger partial charge in [-0.3, -0.25) is 4.90 Å². The number of thiol groups is 1. The Balaban J connectivity index is 1.91. The van der Waals surface area contributed by atoms with Crippen LogP contribution in [0, 0.1) is 0 Å². The predicted octanol–water partition coefficient (Wildman–Crippen LogP) is 3.07. The molecule has 4 heteroatoms. The molecule has 3 nitrogen and oxygen atoms in total. The van der Waals surface area contributed by atoms with Gasteiger partial charge in [0.15, 0.2) is 18.9 Å². The Morgan fingerprint density at radius 3 is 2.00 bits per heavy atom. The topological polar surface area (TPSA) is 10.4 Å². The first kappa shape index (κ1) is 18.6. The van der Waals surface area contributed by atoms with E-state index in [1.807, 2.05) is 0 Å². The molecule has 0 saturated carbocycles. The molecule has 0 aliphatic heterocycles. The quantitative estimate of drug-likeness (QED) is 0.584. The lowest BCUT2D eigenvalue weighted by atomic mass is 10.1. The number of nitrogens with zero attached hydrogens (tertiary/aromatic N) is 3. The van der Waals surface area contributed by atoms with E-state index in [0.717, 1.165) is 25.4 Å². The molecule has 0 atom stereocenters. The fraction of sp³-hybridized carbons (Fsp3) is 0.350. The third-order valence-corrected chi connectivity index (χ3v) is 4.22. The molecule has 24 heavy (non-hydrogen) atoms. The van der Waals surface area contributed by atoms with Gasteiger partial charge in [0.2, 0.25) is 0 Å². The SMILES string of the molecule is CN(CCS)CC[n+]1ccc(C=Cc2ccc(N(C)C)cc2)cc1. The van der Waals surface area contributed by atoms with Crippen LogP contribution >= 0.6 is 12.6 Å². The van der Waals surface area contributed by atoms with E-state index in [0.29, 0.717) is 0 Å². The molecule has 0 radical (unpaired) electrons. The number of benzene rings is 1. The van der Waals surface area contributed by atoms with Gasteiger partial charge in [-0.1, -0.05) is 24.3 Å². The van der Waals surface area contributed by atoms with E-state index in [1.54, 1.807) is 0 Å². The average Bonchev–Trinajstić information content (AvgIpc) is 2.59. The smallest absolute Gasteiger partial charge is 0.169 e. The van der Waals surface area contributed by atoms with Gasteiger partial charge in [-0.2, -0.15) is 12.6 Å². The van der Waals surface area contributed by atoms with Crippen molar-refractivity contribution in [3.05, 3.63) is 59.9 Å². The van der Waals surface area contributed by atoms with Gasteiger partial charge in [-0.05, 0) is 30.3 Å². The molecular formula is C20H28N3S+. The normalized spacial score (nSPS) is 11.4. The summed E-state index contributed by atoms with van der Waals surface area (Å²) in [6.45, 7) is 3.07. The fourth-order valence-electron chi connectivity index (χ4n) is 2.37. The maximum absolute atomic E-state index is 4.26. The summed E-state index contributed by atoms with van der Waals surface area (Å²) in [5.74, 6) is 0.903. The van der Waals surface area contributed by atoms with Crippen LogP contribution in [0.3, 0.4) is 0 Å². The summed E-state index contributed by atoms with van der Waals surface area (Å²) in [5.41, 5.74) is 3.65. The van der Waals surface area contributed by atoms with Crippen molar-refractivity contribution in [2.75, 3.05) is 44.9 Å². The number of hydrogen-bond donors (Lipinski definition) is 1. The monoisotopic (exact) mass is 342 g/mol. The average molecular weight is 343 g/mol. The third-order valence-electron chi connectivity index (χ3n) is 4.02. The Kier molecular flexibility index (Phi) is 7.35. The highest BCUT2D eigenvalue weighted by Crippen LogP contribution is 2.14. The van der Waals surface area contributed by atoms with Crippen molar-refractivity contribution in [1.29, 1.82) is 0 Å². The third kappa shape index (κ3) is 6.02. The largest absolute Gasteiger partial charge is 0.378 e. The van der Waals surface area contributed by atoms with Crippen molar-refractivity contribution in [1.82, 2.24) is 4.90 Å². The second-order valence-electron chi connectivity index (χ2n) is 6.22. The highest BCUT2D eigenvalue weighted by atomic mass is 32.1. The van der Waals surface area contributed by atoms with E-state index in [-0.39, 0.29) is 0 Å². The molecule has 0 bridgehead atoms. The number of anilines is 1. The summed E-state index contributed by atoms with van der Waals surface area (Å²) in [4.78, 5) is 4.41. The van der Waals surface area contributed by atoms with Crippen LogP contribution in [0.25, 0.3) is 12.2 Å². The first-order valence-corrected chi connectivity index (χ1v) is 8.96. The minimum Gasteiger partial charge on any atom is -0.378 e. The van der Waals surface area contributed by atoms with Crippen molar-refractivity contribution in [2.45, 2.75) is 6.54 Å². The second-order valence-corrected chi connectivity index (χ2v) is 6.66. The maximum atomic E-state index is 4.26. The summed E-state index contributed by atoms with van der Waals surface area (Å²) in [5, 5.41) is 0. The van der Waals surface area contributed by atoms with Crippen molar-refractivity contribution in [3.8, 4) is 0 Å². The standard InChI is InChI=1S/C20H27N3S/c1-21(2)20-8-6-18(7-9-20)4-5-19-10-12-23(13-11-19)15-14-22(3)16-17-24/h4-13H,14-17H2,1-3H3/p+1. The van der Waals surface area contributed by atoms with Gasteiger partial charge in [0.1, 0.15) is 0 Å². The fourth-order valence-corrected chi connectivity index (χ4v) is 2.72. The zero-order chi connectivity index (χ0) is 17.4. The molecule has 0 unspecified atom stereocenters. The summed E-state index contributed by atoms with van der Waals surface area (Å²) in [6.07, 6.45) is 8.59. The molecular weight excluding hydrogens is 314 g/mol. The molecule has 1 aromatic heterocycles. The van der Waals surface area contributed by atoms with Crippen molar-refractivity contribution >= 4 is 30.5 Å². The highest BCUT2D eigenvalue weighted by Gasteiger charge is 2.03. The Hall–Kier alpha value is -1.78. The molecule has 2 rings (SSSR count). The predicted molar refractivity (Wildman–Crippen MR) is 108 cm³/mol. The molecule has 0 amide bonds. The molecule has 128 valence electrons. The summed E-state index contributed by atoms with van der Waals surface area (Å²) < 4.78 is 2.22. The van der Waals surface area contributed by atoms with Gasteiger partial charge < -0.3 is 4.90 Å². The number of aromatic nitrogens is 1. The Bertz CT molecular complexity index is 633. The van der Waals surface area contributed by atoms with E-state index in [2.05, 4.69) is 109 Å². The molecule has 0 aliphatic rings. The highest BCUT2D eigenvalue weighted by molar-refractivity contribution is 7.80. The zero-order valence-electron chi connectivity index (χ0n) is 14.9. The van der Waals surface area contributed by atoms with Crippen molar-refractivity contribution in [3.63, 3.8) is 0 Å². The second kappa shape index (κ2) is 9.50. The van der Waals surface area contributed by atoms with Gasteiger partial charge in [-0.25, -0.2) is 4.57 Å². The van der Waals surface area contributed by atoms with Crippen LogP contribution in [-0.4, -0.2) is 44.9 Å². The van der Waals surface area contributed by atoms with Gasteiger partial charge in [0, 0.05) is 44.2 Å². The number of pyridine rings is 1. The van der Waals surface area contributed by atoms with E-state index < -0.39 is 0 Å². The van der Waals surface area contributed by atoms with Crippen LogP contribution in [0.5, 0.6) is 0 Å². The molecule has 0 fully saturated rings. The molecule has 0 aliphatic carbocycles. The maximum Gasteiger partial charge on any atom is 0.169 e. The van der Waals surface area contributed by atoms with Gasteiger partial charge in [-0.15, -0.1) is 0 Å². The Labute approximate surface area is 151 Å². The van der Waals surface area contributed by atoms with Crippen LogP contribution in [0.1, 0.15) is 11.1 Å². The van der Waals surface area contributed by atoms with E-state index >= 15 is 0 Å². The number of likely N-dealkylation sites (N-methyl/N-ethyl adjacent to an activating group) is 1. The Morgan fingerprint density at radius 1 is 0.875 bits per heavy atom. The first-order valence-electron chi connectivity index (χ1n) is 8.32. The first-order chi connectivity index (χ1) is 11.6. The summed E-state index contributed by atoms with van der Waals surface area (Å²) >= 11 is 4.26. The summed E-state index contributed by atoms with van der Waals surface area (Å²) in [6, 6.07) is 12.9. The van der Waals surface area contributed by atoms with E-state index in [1.165, 1.54) is 16.8 Å². The lowest BCUT2D eigenvalue weighted by molar-refractivity contribution is -0.696. The van der Waals surface area contributed by atoms with Gasteiger partial charge in [0.25, 0.3) is 0 Å². The molecule has 0 saturated heterocycles. The van der Waals surface area contributed by atoms with Crippen molar-refractivity contribution in [2.24, 2.45) is 0 Å². The molecule has 2 aromatic rings. The lowest BCUT2D eigenvalue weighted by Crippen LogP contribution is -2.39. The van der Waals surface area contributed by atoms with Crippen LogP contribution in [0.15, 0.2) is 48.8 Å². The molecule has 0 spiro atoms. The van der Waals surface area contributed by atoms with E-state index in [4.69, 9.17) is 0 Å². The van der Waals surface area contributed by atoms with Crippen LogP contribution in [0.4, 0.5) is 5.69 Å². The molecule has 1 heterocycles. The molecule has 0 N–H and O–H groups in total. The lowest BCUT2D eigenvalue weighted by Gasteiger charge is -2.12. The van der Waals surface area contributed by atoms with Gasteiger partial charge >= 0.3 is 0 Å². The number of hydrogen-bond acceptors (Lipinski definition) is 3. The zero-order valence-corrected chi connectivity index (χ0v) is 15.8. The van der Waals surface area contributed by atoms with Gasteiger partial charge in [0.05, 0.1) is 6.54 Å². The van der Waals surface area contributed by atoms with E-state index in [9.17, 15) is 0 Å². The number of rotatable bonds is 8. The molecule has 1 aromatic carbocycles. The Morgan fingerprint density at radius 2 is 1.46 bits per heavy atom.